The van der Waals surface area contributed by atoms with Crippen molar-refractivity contribution in [1.82, 2.24) is 15.0 Å². The van der Waals surface area contributed by atoms with Gasteiger partial charge in [0.25, 0.3) is 0 Å². The van der Waals surface area contributed by atoms with Crippen LogP contribution in [0.3, 0.4) is 0 Å². The van der Waals surface area contributed by atoms with Crippen LogP contribution in [0, 0.1) is 6.92 Å². The van der Waals surface area contributed by atoms with Crippen molar-refractivity contribution in [2.24, 2.45) is 0 Å². The number of aromatic nitrogens is 3. The molecule has 1 heterocycles. The third kappa shape index (κ3) is 3.95. The number of ether oxygens (including phenoxy) is 1. The molecule has 0 aliphatic rings. The highest BCUT2D eigenvalue weighted by Gasteiger charge is 2.08. The van der Waals surface area contributed by atoms with Crippen LogP contribution in [0.1, 0.15) is 18.9 Å². The Kier molecular flexibility index (Phi) is 4.98. The number of nitrogens with one attached hydrogen (secondary N) is 1. The van der Waals surface area contributed by atoms with Gasteiger partial charge in [-0.3, -0.25) is 0 Å². The molecule has 0 aliphatic carbocycles. The highest BCUT2D eigenvalue weighted by molar-refractivity contribution is 6.30. The van der Waals surface area contributed by atoms with Crippen molar-refractivity contribution in [1.29, 1.82) is 0 Å². The maximum Gasteiger partial charge on any atom is 0.322 e. The predicted molar refractivity (Wildman–Crippen MR) is 80.1 cm³/mol. The number of benzene rings is 1. The Hall–Kier alpha value is -1.59. The summed E-state index contributed by atoms with van der Waals surface area (Å²) in [6, 6.07) is 5.72. The smallest absolute Gasteiger partial charge is 0.322 e. The zero-order valence-electron chi connectivity index (χ0n) is 11.2. The number of anilines is 2. The quantitative estimate of drug-likeness (QED) is 0.903. The van der Waals surface area contributed by atoms with Gasteiger partial charge in [0.05, 0.1) is 6.61 Å². The minimum atomic E-state index is 0.0771. The number of hydrogen-bond donors (Lipinski definition) is 1. The van der Waals surface area contributed by atoms with Crippen molar-refractivity contribution in [3.05, 3.63) is 34.1 Å². The van der Waals surface area contributed by atoms with Gasteiger partial charge in [-0.1, -0.05) is 24.6 Å². The summed E-state index contributed by atoms with van der Waals surface area (Å²) in [5.41, 5.74) is 1.82. The summed E-state index contributed by atoms with van der Waals surface area (Å²) in [6.45, 7) is 4.48. The lowest BCUT2D eigenvalue weighted by Gasteiger charge is -2.09. The van der Waals surface area contributed by atoms with Gasteiger partial charge in [-0.25, -0.2) is 0 Å². The molecule has 1 aromatic heterocycles. The van der Waals surface area contributed by atoms with E-state index in [4.69, 9.17) is 27.9 Å². The third-order valence-electron chi connectivity index (χ3n) is 2.47. The Balaban J connectivity index is 2.24. The molecule has 2 aromatic rings. The van der Waals surface area contributed by atoms with E-state index in [0.29, 0.717) is 17.6 Å². The number of rotatable bonds is 5. The van der Waals surface area contributed by atoms with Crippen LogP contribution in [-0.4, -0.2) is 21.6 Å². The van der Waals surface area contributed by atoms with Gasteiger partial charge in [0.2, 0.25) is 11.2 Å². The molecular formula is C13H14Cl2N4O. The van der Waals surface area contributed by atoms with Crippen molar-refractivity contribution in [2.45, 2.75) is 20.3 Å². The highest BCUT2D eigenvalue weighted by atomic mass is 35.5. The molecule has 0 amide bonds. The Bertz CT molecular complexity index is 607. The van der Waals surface area contributed by atoms with Crippen LogP contribution >= 0.6 is 23.2 Å². The summed E-state index contributed by atoms with van der Waals surface area (Å²) in [5, 5.41) is 3.76. The lowest BCUT2D eigenvalue weighted by Crippen LogP contribution is -2.05. The summed E-state index contributed by atoms with van der Waals surface area (Å²) in [6.07, 6.45) is 0.861. The largest absolute Gasteiger partial charge is 0.463 e. The predicted octanol–water partition coefficient (Wildman–Crippen LogP) is 4.02. The van der Waals surface area contributed by atoms with Crippen LogP contribution in [0.15, 0.2) is 18.2 Å². The summed E-state index contributed by atoms with van der Waals surface area (Å²) >= 11 is 11.8. The van der Waals surface area contributed by atoms with E-state index in [1.807, 2.05) is 26.0 Å². The second-order valence-electron chi connectivity index (χ2n) is 4.14. The van der Waals surface area contributed by atoms with Crippen molar-refractivity contribution >= 4 is 34.8 Å². The summed E-state index contributed by atoms with van der Waals surface area (Å²) < 4.78 is 5.36. The molecule has 0 bridgehead atoms. The summed E-state index contributed by atoms with van der Waals surface area (Å²) in [7, 11) is 0. The molecule has 1 aromatic carbocycles. The van der Waals surface area contributed by atoms with Gasteiger partial charge in [0.15, 0.2) is 0 Å². The van der Waals surface area contributed by atoms with E-state index in [0.717, 1.165) is 17.7 Å². The maximum absolute atomic E-state index is 5.97. The van der Waals surface area contributed by atoms with Crippen LogP contribution in [0.25, 0.3) is 0 Å². The molecular weight excluding hydrogens is 299 g/mol. The number of hydrogen-bond acceptors (Lipinski definition) is 5. The molecule has 0 saturated carbocycles. The van der Waals surface area contributed by atoms with Crippen molar-refractivity contribution in [3.63, 3.8) is 0 Å². The van der Waals surface area contributed by atoms with Crippen LogP contribution in [0.4, 0.5) is 11.6 Å². The first kappa shape index (κ1) is 14.8. The molecule has 20 heavy (non-hydrogen) atoms. The first-order chi connectivity index (χ1) is 9.58. The van der Waals surface area contributed by atoms with Gasteiger partial charge in [0.1, 0.15) is 0 Å². The molecule has 7 heteroatoms. The highest BCUT2D eigenvalue weighted by Crippen LogP contribution is 2.23. The molecule has 106 valence electrons. The number of aryl methyl sites for hydroxylation is 1. The fourth-order valence-electron chi connectivity index (χ4n) is 1.50. The van der Waals surface area contributed by atoms with Gasteiger partial charge in [0, 0.05) is 10.7 Å². The number of halogens is 2. The normalized spacial score (nSPS) is 10.4. The van der Waals surface area contributed by atoms with Crippen LogP contribution in [0.2, 0.25) is 10.3 Å². The van der Waals surface area contributed by atoms with Crippen molar-refractivity contribution in [2.75, 3.05) is 11.9 Å². The van der Waals surface area contributed by atoms with Gasteiger partial charge < -0.3 is 10.1 Å². The topological polar surface area (TPSA) is 59.9 Å². The summed E-state index contributed by atoms with van der Waals surface area (Å²) in [5.74, 6) is 0.321. The lowest BCUT2D eigenvalue weighted by atomic mass is 10.2. The minimum absolute atomic E-state index is 0.0771. The molecule has 0 unspecified atom stereocenters. The van der Waals surface area contributed by atoms with Crippen molar-refractivity contribution < 1.29 is 4.74 Å². The second kappa shape index (κ2) is 6.72. The van der Waals surface area contributed by atoms with E-state index < -0.39 is 0 Å². The van der Waals surface area contributed by atoms with E-state index in [1.54, 1.807) is 6.07 Å². The molecule has 0 spiro atoms. The van der Waals surface area contributed by atoms with E-state index in [1.165, 1.54) is 0 Å². The fraction of sp³-hybridized carbons (Fsp3) is 0.308. The molecule has 0 saturated heterocycles. The van der Waals surface area contributed by atoms with Gasteiger partial charge >= 0.3 is 6.01 Å². The Morgan fingerprint density at radius 3 is 2.75 bits per heavy atom. The lowest BCUT2D eigenvalue weighted by molar-refractivity contribution is 0.292. The molecule has 2 rings (SSSR count). The van der Waals surface area contributed by atoms with E-state index in [9.17, 15) is 0 Å². The van der Waals surface area contributed by atoms with Crippen LogP contribution in [-0.2, 0) is 0 Å². The van der Waals surface area contributed by atoms with Crippen molar-refractivity contribution in [3.8, 4) is 6.01 Å². The Morgan fingerprint density at radius 2 is 2.00 bits per heavy atom. The van der Waals surface area contributed by atoms with E-state index >= 15 is 0 Å². The van der Waals surface area contributed by atoms with E-state index in [2.05, 4.69) is 20.3 Å². The molecule has 1 N–H and O–H groups in total. The third-order valence-corrected chi connectivity index (χ3v) is 2.87. The zero-order chi connectivity index (χ0) is 14.5. The van der Waals surface area contributed by atoms with Crippen LogP contribution in [0.5, 0.6) is 6.01 Å². The minimum Gasteiger partial charge on any atom is -0.463 e. The fourth-order valence-corrected chi connectivity index (χ4v) is 1.82. The molecule has 0 fully saturated rings. The van der Waals surface area contributed by atoms with Gasteiger partial charge in [-0.05, 0) is 42.6 Å². The molecule has 0 aliphatic heterocycles. The zero-order valence-corrected chi connectivity index (χ0v) is 12.7. The average molecular weight is 313 g/mol. The Labute approximate surface area is 127 Å². The molecule has 0 atom stereocenters. The second-order valence-corrected chi connectivity index (χ2v) is 4.92. The summed E-state index contributed by atoms with van der Waals surface area (Å²) in [4.78, 5) is 12.1. The van der Waals surface area contributed by atoms with E-state index in [-0.39, 0.29) is 11.3 Å². The van der Waals surface area contributed by atoms with Gasteiger partial charge in [-0.15, -0.1) is 0 Å². The molecule has 0 radical (unpaired) electrons. The van der Waals surface area contributed by atoms with Crippen LogP contribution < -0.4 is 10.1 Å². The number of nitrogens with zero attached hydrogens (tertiary/aromatic N) is 3. The first-order valence-electron chi connectivity index (χ1n) is 6.16. The SMILES string of the molecule is CCCOc1nc(Cl)nc(Nc2cc(Cl)ccc2C)n1. The first-order valence-corrected chi connectivity index (χ1v) is 6.91. The Morgan fingerprint density at radius 1 is 1.20 bits per heavy atom. The monoisotopic (exact) mass is 312 g/mol. The average Bonchev–Trinajstić information content (AvgIpc) is 2.40. The van der Waals surface area contributed by atoms with Gasteiger partial charge in [-0.2, -0.15) is 15.0 Å². The maximum atomic E-state index is 5.97. The standard InChI is InChI=1S/C13H14Cl2N4O/c1-3-6-20-13-18-11(15)17-12(19-13)16-10-7-9(14)5-4-8(10)2/h4-5,7H,3,6H2,1-2H3,(H,16,17,18,19). The molecule has 5 nitrogen and oxygen atoms in total.